The van der Waals surface area contributed by atoms with Crippen LogP contribution in [0.15, 0.2) is 49.3 Å². The number of nitrogens with zero attached hydrogens (tertiary/aromatic N) is 3. The number of anilines is 4. The summed E-state index contributed by atoms with van der Waals surface area (Å²) in [6, 6.07) is 7.73. The zero-order chi connectivity index (χ0) is 26.2. The van der Waals surface area contributed by atoms with Crippen LogP contribution in [0.5, 0.6) is 5.88 Å². The van der Waals surface area contributed by atoms with E-state index < -0.39 is 10.4 Å². The van der Waals surface area contributed by atoms with Crippen LogP contribution in [0.1, 0.15) is 22.3 Å². The Balaban J connectivity index is 0.000000784. The van der Waals surface area contributed by atoms with E-state index in [1.807, 2.05) is 39.0 Å². The van der Waals surface area contributed by atoms with Gasteiger partial charge in [0, 0.05) is 36.1 Å². The van der Waals surface area contributed by atoms with E-state index in [9.17, 15) is 4.79 Å². The van der Waals surface area contributed by atoms with Crippen molar-refractivity contribution in [1.82, 2.24) is 15.0 Å². The molecular weight excluding hydrogens is 474 g/mol. The SMILES string of the molecule is C=CC(=O)Cc1cc(C)ccc1Nc1nc(Nc2cc(OC)ncc2C)ncc1C.O=S(=O)(O)O. The van der Waals surface area contributed by atoms with Crippen molar-refractivity contribution in [2.45, 2.75) is 27.2 Å². The molecule has 3 rings (SSSR count). The fraction of sp³-hybridized carbons (Fsp3) is 0.217. The number of aryl methyl sites for hydroxylation is 3. The predicted octanol–water partition coefficient (Wildman–Crippen LogP) is 3.94. The molecule has 0 radical (unpaired) electrons. The van der Waals surface area contributed by atoms with Crippen LogP contribution < -0.4 is 15.4 Å². The topological polar surface area (TPSA) is 164 Å². The van der Waals surface area contributed by atoms with Gasteiger partial charge in [-0.1, -0.05) is 24.3 Å². The lowest BCUT2D eigenvalue weighted by atomic mass is 10.0. The summed E-state index contributed by atoms with van der Waals surface area (Å²) in [5, 5.41) is 6.56. The molecule has 0 aliphatic carbocycles. The molecule has 2 aromatic heterocycles. The molecule has 12 heteroatoms. The maximum Gasteiger partial charge on any atom is 0.394 e. The minimum Gasteiger partial charge on any atom is -0.481 e. The summed E-state index contributed by atoms with van der Waals surface area (Å²) >= 11 is 0. The molecule has 11 nitrogen and oxygen atoms in total. The second kappa shape index (κ2) is 12.0. The van der Waals surface area contributed by atoms with Crippen molar-refractivity contribution in [1.29, 1.82) is 0 Å². The van der Waals surface area contributed by atoms with E-state index in [1.54, 1.807) is 25.6 Å². The van der Waals surface area contributed by atoms with Gasteiger partial charge < -0.3 is 15.4 Å². The first kappa shape index (κ1) is 27.4. The number of carbonyl (C=O) groups is 1. The fourth-order valence-electron chi connectivity index (χ4n) is 2.88. The largest absolute Gasteiger partial charge is 0.481 e. The summed E-state index contributed by atoms with van der Waals surface area (Å²) in [7, 11) is -3.10. The van der Waals surface area contributed by atoms with Crippen molar-refractivity contribution >= 4 is 39.3 Å². The average Bonchev–Trinajstić information content (AvgIpc) is 2.78. The number of benzene rings is 1. The number of aromatic nitrogens is 3. The number of hydrogen-bond donors (Lipinski definition) is 4. The number of ketones is 1. The van der Waals surface area contributed by atoms with Gasteiger partial charge >= 0.3 is 10.4 Å². The Morgan fingerprint density at radius 1 is 1.06 bits per heavy atom. The second-order valence-electron chi connectivity index (χ2n) is 7.47. The molecule has 186 valence electrons. The molecule has 0 aliphatic heterocycles. The normalized spacial score (nSPS) is 10.6. The molecule has 4 N–H and O–H groups in total. The number of methoxy groups -OCH3 is 1. The Kier molecular flexibility index (Phi) is 9.40. The first-order valence-corrected chi connectivity index (χ1v) is 11.6. The summed E-state index contributed by atoms with van der Waals surface area (Å²) in [6.45, 7) is 9.43. The molecule has 0 aliphatic rings. The average molecular weight is 502 g/mol. The van der Waals surface area contributed by atoms with E-state index in [0.29, 0.717) is 17.6 Å². The Bertz CT molecular complexity index is 1320. The first-order chi connectivity index (χ1) is 16.4. The monoisotopic (exact) mass is 501 g/mol. The summed E-state index contributed by atoms with van der Waals surface area (Å²) in [5.74, 6) is 1.56. The van der Waals surface area contributed by atoms with E-state index in [4.69, 9.17) is 22.3 Å². The van der Waals surface area contributed by atoms with Crippen LogP contribution in [-0.2, 0) is 21.6 Å². The van der Waals surface area contributed by atoms with Gasteiger partial charge in [0.2, 0.25) is 11.8 Å². The first-order valence-electron chi connectivity index (χ1n) is 10.2. The summed E-state index contributed by atoms with van der Waals surface area (Å²) in [6.07, 6.45) is 5.09. The lowest BCUT2D eigenvalue weighted by Gasteiger charge is -2.15. The van der Waals surface area contributed by atoms with Gasteiger partial charge in [0.25, 0.3) is 0 Å². The van der Waals surface area contributed by atoms with Gasteiger partial charge in [-0.15, -0.1) is 0 Å². The molecular formula is C23H27N5O6S. The highest BCUT2D eigenvalue weighted by molar-refractivity contribution is 7.79. The van der Waals surface area contributed by atoms with Gasteiger partial charge in [0.05, 0.1) is 12.8 Å². The molecule has 0 fully saturated rings. The lowest BCUT2D eigenvalue weighted by molar-refractivity contribution is -0.114. The van der Waals surface area contributed by atoms with Crippen LogP contribution in [0, 0.1) is 20.8 Å². The van der Waals surface area contributed by atoms with Crippen molar-refractivity contribution in [3.05, 3.63) is 71.6 Å². The third-order valence-electron chi connectivity index (χ3n) is 4.61. The fourth-order valence-corrected chi connectivity index (χ4v) is 2.88. The van der Waals surface area contributed by atoms with Crippen LogP contribution in [0.2, 0.25) is 0 Å². The third kappa shape index (κ3) is 9.12. The van der Waals surface area contributed by atoms with Gasteiger partial charge in [0.15, 0.2) is 5.78 Å². The minimum atomic E-state index is -4.67. The highest BCUT2D eigenvalue weighted by Gasteiger charge is 2.11. The Morgan fingerprint density at radius 3 is 2.34 bits per heavy atom. The second-order valence-corrected chi connectivity index (χ2v) is 8.37. The standard InChI is InChI=1S/C23H25N5O2.H2O4S/c1-6-18(29)10-17-9-14(2)7-8-19(17)26-22-16(4)13-25-23(28-22)27-20-11-21(30-5)24-12-15(20)3;1-5(2,3)4/h6-9,11-13H,1,10H2,2-5H3,(H2,24,25,26,27,28);(H2,1,2,3,4). The zero-order valence-electron chi connectivity index (χ0n) is 19.7. The van der Waals surface area contributed by atoms with Crippen molar-refractivity contribution in [3.8, 4) is 5.88 Å². The number of allylic oxidation sites excluding steroid dienone is 1. The third-order valence-corrected chi connectivity index (χ3v) is 4.61. The lowest BCUT2D eigenvalue weighted by Crippen LogP contribution is -2.07. The number of rotatable bonds is 8. The quantitative estimate of drug-likeness (QED) is 0.261. The van der Waals surface area contributed by atoms with Crippen LogP contribution in [-0.4, -0.2) is 45.4 Å². The molecule has 35 heavy (non-hydrogen) atoms. The Morgan fingerprint density at radius 2 is 1.71 bits per heavy atom. The van der Waals surface area contributed by atoms with Crippen LogP contribution in [0.25, 0.3) is 0 Å². The number of ether oxygens (including phenoxy) is 1. The van der Waals surface area contributed by atoms with Crippen LogP contribution in [0.3, 0.4) is 0 Å². The molecule has 1 aromatic carbocycles. The van der Waals surface area contributed by atoms with E-state index in [-0.39, 0.29) is 12.2 Å². The van der Waals surface area contributed by atoms with E-state index in [2.05, 4.69) is 32.2 Å². The van der Waals surface area contributed by atoms with Gasteiger partial charge in [-0.3, -0.25) is 13.9 Å². The van der Waals surface area contributed by atoms with E-state index in [1.165, 1.54) is 6.08 Å². The predicted molar refractivity (Wildman–Crippen MR) is 133 cm³/mol. The minimum absolute atomic E-state index is 0.0347. The molecule has 0 saturated carbocycles. The highest BCUT2D eigenvalue weighted by Crippen LogP contribution is 2.26. The zero-order valence-corrected chi connectivity index (χ0v) is 20.5. The summed E-state index contributed by atoms with van der Waals surface area (Å²) < 4.78 is 36.8. The van der Waals surface area contributed by atoms with Crippen molar-refractivity contribution in [2.24, 2.45) is 0 Å². The van der Waals surface area contributed by atoms with Crippen LogP contribution >= 0.6 is 0 Å². The molecule has 0 bridgehead atoms. The van der Waals surface area contributed by atoms with Gasteiger partial charge in [-0.2, -0.15) is 13.4 Å². The summed E-state index contributed by atoms with van der Waals surface area (Å²) in [5.41, 5.74) is 5.43. The Labute approximate surface area is 203 Å². The van der Waals surface area contributed by atoms with E-state index >= 15 is 0 Å². The highest BCUT2D eigenvalue weighted by atomic mass is 32.3. The number of hydrogen-bond acceptors (Lipinski definition) is 9. The molecule has 0 atom stereocenters. The molecule has 0 spiro atoms. The molecule has 0 saturated heterocycles. The van der Waals surface area contributed by atoms with Gasteiger partial charge in [-0.25, -0.2) is 9.97 Å². The van der Waals surface area contributed by atoms with Crippen LogP contribution in [0.4, 0.5) is 23.1 Å². The van der Waals surface area contributed by atoms with Crippen molar-refractivity contribution in [3.63, 3.8) is 0 Å². The number of pyridine rings is 1. The Hall–Kier alpha value is -3.87. The van der Waals surface area contributed by atoms with Crippen molar-refractivity contribution in [2.75, 3.05) is 17.7 Å². The maximum absolute atomic E-state index is 11.9. The summed E-state index contributed by atoms with van der Waals surface area (Å²) in [4.78, 5) is 25.1. The number of nitrogens with one attached hydrogen (secondary N) is 2. The number of carbonyl (C=O) groups excluding carboxylic acids is 1. The van der Waals surface area contributed by atoms with E-state index in [0.717, 1.165) is 33.6 Å². The molecule has 3 aromatic rings. The molecule has 2 heterocycles. The maximum atomic E-state index is 11.9. The smallest absolute Gasteiger partial charge is 0.394 e. The van der Waals surface area contributed by atoms with Gasteiger partial charge in [-0.05, 0) is 44.0 Å². The molecule has 0 unspecified atom stereocenters. The van der Waals surface area contributed by atoms with Gasteiger partial charge in [0.1, 0.15) is 5.82 Å². The molecule has 0 amide bonds. The van der Waals surface area contributed by atoms with Crippen molar-refractivity contribution < 1.29 is 27.1 Å².